The van der Waals surface area contributed by atoms with E-state index < -0.39 is 0 Å². The van der Waals surface area contributed by atoms with Crippen molar-refractivity contribution in [3.63, 3.8) is 0 Å². The molecule has 0 bridgehead atoms. The van der Waals surface area contributed by atoms with Crippen molar-refractivity contribution in [2.45, 2.75) is 27.7 Å². The highest BCUT2D eigenvalue weighted by molar-refractivity contribution is 5.87. The van der Waals surface area contributed by atoms with Gasteiger partial charge in [0.2, 0.25) is 0 Å². The Bertz CT molecular complexity index is 473. The first-order chi connectivity index (χ1) is 9.01. The summed E-state index contributed by atoms with van der Waals surface area (Å²) in [6.45, 7) is 8.99. The molecule has 0 saturated heterocycles. The smallest absolute Gasteiger partial charge is 0.321 e. The molecule has 0 aliphatic carbocycles. The molecule has 1 aromatic carbocycles. The van der Waals surface area contributed by atoms with Gasteiger partial charge in [-0.3, -0.25) is 0 Å². The molecule has 1 aromatic rings. The van der Waals surface area contributed by atoms with E-state index in [1.54, 1.807) is 23.1 Å². The summed E-state index contributed by atoms with van der Waals surface area (Å²) in [6.07, 6.45) is 0. The van der Waals surface area contributed by atoms with Crippen molar-refractivity contribution in [1.82, 2.24) is 10.2 Å². The molecule has 0 radical (unpaired) electrons. The number of aromatic hydroxyl groups is 1. The molecule has 0 fully saturated rings. The molecular weight excluding hydrogens is 240 g/mol. The number of urea groups is 1. The minimum absolute atomic E-state index is 0.149. The maximum absolute atomic E-state index is 12.1. The van der Waals surface area contributed by atoms with Gasteiger partial charge in [0.25, 0.3) is 0 Å². The number of hydrogen-bond donors (Lipinski definition) is 2. The van der Waals surface area contributed by atoms with Gasteiger partial charge in [0.1, 0.15) is 5.75 Å². The Labute approximate surface area is 114 Å². The van der Waals surface area contributed by atoms with Gasteiger partial charge in [0, 0.05) is 18.7 Å². The summed E-state index contributed by atoms with van der Waals surface area (Å²) in [6, 6.07) is 6.85. The molecule has 4 nitrogen and oxygen atoms in total. The summed E-state index contributed by atoms with van der Waals surface area (Å²) < 4.78 is 0. The van der Waals surface area contributed by atoms with Crippen LogP contribution < -0.4 is 5.32 Å². The number of para-hydroxylation sites is 1. The van der Waals surface area contributed by atoms with Crippen molar-refractivity contribution in [3.8, 4) is 5.75 Å². The number of carbonyl (C=O) groups excluding carboxylic acids is 1. The van der Waals surface area contributed by atoms with E-state index in [4.69, 9.17) is 0 Å². The van der Waals surface area contributed by atoms with Gasteiger partial charge in [-0.15, -0.1) is 0 Å². The number of rotatable bonds is 4. The summed E-state index contributed by atoms with van der Waals surface area (Å²) >= 11 is 0. The third-order valence-electron chi connectivity index (χ3n) is 2.96. The third-order valence-corrected chi connectivity index (χ3v) is 2.96. The first-order valence-electron chi connectivity index (χ1n) is 6.53. The monoisotopic (exact) mass is 262 g/mol. The highest BCUT2D eigenvalue weighted by Gasteiger charge is 2.15. The number of carbonyl (C=O) groups is 1. The SMILES string of the molecule is CCN(CC)C(=O)NC(=C(C)C)c1ccccc1O. The van der Waals surface area contributed by atoms with Crippen molar-refractivity contribution in [2.75, 3.05) is 13.1 Å². The van der Waals surface area contributed by atoms with Crippen molar-refractivity contribution in [1.29, 1.82) is 0 Å². The van der Waals surface area contributed by atoms with Crippen molar-refractivity contribution in [2.24, 2.45) is 0 Å². The van der Waals surface area contributed by atoms with E-state index in [1.165, 1.54) is 0 Å². The van der Waals surface area contributed by atoms with Crippen LogP contribution in [-0.2, 0) is 0 Å². The second kappa shape index (κ2) is 6.83. The topological polar surface area (TPSA) is 52.6 Å². The Kier molecular flexibility index (Phi) is 5.42. The lowest BCUT2D eigenvalue weighted by Crippen LogP contribution is -2.39. The lowest BCUT2D eigenvalue weighted by atomic mass is 10.1. The standard InChI is InChI=1S/C15H22N2O2/c1-5-17(6-2)15(19)16-14(11(3)4)12-9-7-8-10-13(12)18/h7-10,18H,5-6H2,1-4H3,(H,16,19). The van der Waals surface area contributed by atoms with Crippen LogP contribution in [0.15, 0.2) is 29.8 Å². The summed E-state index contributed by atoms with van der Waals surface area (Å²) in [7, 11) is 0. The predicted octanol–water partition coefficient (Wildman–Crippen LogP) is 3.19. The van der Waals surface area contributed by atoms with Gasteiger partial charge in [0.15, 0.2) is 0 Å². The van der Waals surface area contributed by atoms with E-state index in [0.29, 0.717) is 24.4 Å². The maximum Gasteiger partial charge on any atom is 0.321 e. The summed E-state index contributed by atoms with van der Waals surface area (Å²) in [5, 5.41) is 12.8. The number of allylic oxidation sites excluding steroid dienone is 1. The highest BCUT2D eigenvalue weighted by Crippen LogP contribution is 2.25. The summed E-state index contributed by atoms with van der Waals surface area (Å²) in [5.41, 5.74) is 2.25. The summed E-state index contributed by atoms with van der Waals surface area (Å²) in [4.78, 5) is 13.8. The van der Waals surface area contributed by atoms with Crippen LogP contribution in [0.5, 0.6) is 5.75 Å². The zero-order valence-corrected chi connectivity index (χ0v) is 12.0. The first kappa shape index (κ1) is 15.1. The van der Waals surface area contributed by atoms with E-state index in [2.05, 4.69) is 5.32 Å². The predicted molar refractivity (Wildman–Crippen MR) is 77.8 cm³/mol. The van der Waals surface area contributed by atoms with Gasteiger partial charge in [-0.1, -0.05) is 17.7 Å². The molecule has 2 amide bonds. The number of hydrogen-bond acceptors (Lipinski definition) is 2. The fourth-order valence-corrected chi connectivity index (χ4v) is 1.84. The Hall–Kier alpha value is -1.97. The summed E-state index contributed by atoms with van der Waals surface area (Å²) in [5.74, 6) is 0.165. The van der Waals surface area contributed by atoms with Crippen LogP contribution in [-0.4, -0.2) is 29.1 Å². The van der Waals surface area contributed by atoms with Crippen LogP contribution in [0.2, 0.25) is 0 Å². The number of amides is 2. The fraction of sp³-hybridized carbons (Fsp3) is 0.400. The van der Waals surface area contributed by atoms with E-state index in [-0.39, 0.29) is 11.8 Å². The molecule has 0 atom stereocenters. The Balaban J connectivity index is 3.03. The molecular formula is C15H22N2O2. The molecule has 0 heterocycles. The minimum atomic E-state index is -0.149. The Morgan fingerprint density at radius 3 is 2.26 bits per heavy atom. The quantitative estimate of drug-likeness (QED) is 0.875. The average Bonchev–Trinajstić information content (AvgIpc) is 2.38. The van der Waals surface area contributed by atoms with Crippen molar-refractivity contribution >= 4 is 11.7 Å². The van der Waals surface area contributed by atoms with Crippen LogP contribution in [0.4, 0.5) is 4.79 Å². The van der Waals surface area contributed by atoms with E-state index in [1.807, 2.05) is 33.8 Å². The second-order valence-electron chi connectivity index (χ2n) is 4.49. The average molecular weight is 262 g/mol. The lowest BCUT2D eigenvalue weighted by Gasteiger charge is -2.21. The second-order valence-corrected chi connectivity index (χ2v) is 4.49. The molecule has 2 N–H and O–H groups in total. The van der Waals surface area contributed by atoms with Gasteiger partial charge in [-0.2, -0.15) is 0 Å². The van der Waals surface area contributed by atoms with Crippen LogP contribution in [0, 0.1) is 0 Å². The molecule has 4 heteroatoms. The molecule has 0 aliphatic rings. The zero-order valence-electron chi connectivity index (χ0n) is 12.0. The zero-order chi connectivity index (χ0) is 14.4. The number of phenols is 1. The molecule has 19 heavy (non-hydrogen) atoms. The highest BCUT2D eigenvalue weighted by atomic mass is 16.3. The van der Waals surface area contributed by atoms with Gasteiger partial charge >= 0.3 is 6.03 Å². The fourth-order valence-electron chi connectivity index (χ4n) is 1.84. The molecule has 0 aliphatic heterocycles. The van der Waals surface area contributed by atoms with E-state index in [9.17, 15) is 9.90 Å². The van der Waals surface area contributed by atoms with Gasteiger partial charge in [-0.05, 0) is 39.8 Å². The lowest BCUT2D eigenvalue weighted by molar-refractivity contribution is 0.208. The number of benzene rings is 1. The Morgan fingerprint density at radius 1 is 1.21 bits per heavy atom. The van der Waals surface area contributed by atoms with Crippen molar-refractivity contribution < 1.29 is 9.90 Å². The molecule has 1 rings (SSSR count). The van der Waals surface area contributed by atoms with E-state index in [0.717, 1.165) is 5.57 Å². The number of phenolic OH excluding ortho intramolecular Hbond substituents is 1. The van der Waals surface area contributed by atoms with Crippen LogP contribution in [0.3, 0.4) is 0 Å². The van der Waals surface area contributed by atoms with Crippen LogP contribution in [0.1, 0.15) is 33.3 Å². The van der Waals surface area contributed by atoms with Gasteiger partial charge in [0.05, 0.1) is 5.70 Å². The molecule has 104 valence electrons. The van der Waals surface area contributed by atoms with Gasteiger partial charge in [-0.25, -0.2) is 4.79 Å². The largest absolute Gasteiger partial charge is 0.507 e. The Morgan fingerprint density at radius 2 is 1.79 bits per heavy atom. The van der Waals surface area contributed by atoms with Crippen LogP contribution in [0.25, 0.3) is 5.70 Å². The number of nitrogens with one attached hydrogen (secondary N) is 1. The first-order valence-corrected chi connectivity index (χ1v) is 6.53. The van der Waals surface area contributed by atoms with E-state index >= 15 is 0 Å². The minimum Gasteiger partial charge on any atom is -0.507 e. The maximum atomic E-state index is 12.1. The molecule has 0 unspecified atom stereocenters. The number of nitrogens with zero attached hydrogens (tertiary/aromatic N) is 1. The molecule has 0 spiro atoms. The van der Waals surface area contributed by atoms with Crippen molar-refractivity contribution in [3.05, 3.63) is 35.4 Å². The van der Waals surface area contributed by atoms with Gasteiger partial charge < -0.3 is 15.3 Å². The third kappa shape index (κ3) is 3.74. The molecule has 0 aromatic heterocycles. The van der Waals surface area contributed by atoms with Crippen LogP contribution >= 0.6 is 0 Å². The normalized spacial score (nSPS) is 9.89. The molecule has 0 saturated carbocycles.